The molecule has 3 aliphatic rings. The third kappa shape index (κ3) is 6.89. The van der Waals surface area contributed by atoms with Crippen molar-refractivity contribution in [2.45, 2.75) is 62.6 Å². The molecule has 2 fully saturated rings. The molecule has 1 saturated carbocycles. The summed E-state index contributed by atoms with van der Waals surface area (Å²) in [4.78, 5) is 27.2. The SMILES string of the molecule is Cc1ccc(S(=O)(=O)N2C[C@H](O)C[C@@H]2C(=O)OCC(=O)N2N=C3/C(=C/c4ccc(Cl)cc4)CCC[C@H]3[C@H]2c2ccc(Cl)cc2)cc1C. The van der Waals surface area contributed by atoms with E-state index in [1.54, 1.807) is 31.2 Å². The van der Waals surface area contributed by atoms with Crippen molar-refractivity contribution < 1.29 is 27.9 Å². The van der Waals surface area contributed by atoms with Gasteiger partial charge >= 0.3 is 5.97 Å². The molecule has 1 amide bonds. The van der Waals surface area contributed by atoms with E-state index in [2.05, 4.69) is 6.08 Å². The number of allylic oxidation sites excluding steroid dienone is 1. The fourth-order valence-corrected chi connectivity index (χ4v) is 8.49. The van der Waals surface area contributed by atoms with Crippen molar-refractivity contribution in [2.75, 3.05) is 13.2 Å². The van der Waals surface area contributed by atoms with E-state index >= 15 is 0 Å². The van der Waals surface area contributed by atoms with Crippen molar-refractivity contribution in [1.82, 2.24) is 9.31 Å². The van der Waals surface area contributed by atoms with Crippen molar-refractivity contribution in [3.8, 4) is 0 Å². The summed E-state index contributed by atoms with van der Waals surface area (Å²) in [7, 11) is -4.13. The quantitative estimate of drug-likeness (QED) is 0.299. The van der Waals surface area contributed by atoms with E-state index in [-0.39, 0.29) is 23.8 Å². The standard InChI is InChI=1S/C35H35Cl2N3O6S/c1-21-6-15-29(16-22(21)2)47(44,45)39-19-28(41)18-31(39)35(43)46-20-32(42)40-34(24-9-13-27(37)14-10-24)30-5-3-4-25(33(30)38-40)17-23-7-11-26(36)12-8-23/h6-17,28,30-31,34,41H,3-5,18-20H2,1-2H3/b25-17+/t28-,30-,31-,34-/m1/s1. The minimum Gasteiger partial charge on any atom is -0.454 e. The summed E-state index contributed by atoms with van der Waals surface area (Å²) in [6.07, 6.45) is 3.36. The molecule has 0 aromatic heterocycles. The van der Waals surface area contributed by atoms with Gasteiger partial charge in [-0.05, 0) is 103 Å². The van der Waals surface area contributed by atoms with Gasteiger partial charge in [-0.3, -0.25) is 9.59 Å². The molecular weight excluding hydrogens is 661 g/mol. The van der Waals surface area contributed by atoms with Gasteiger partial charge in [-0.2, -0.15) is 9.41 Å². The number of halogens is 2. The molecule has 2 aliphatic heterocycles. The lowest BCUT2D eigenvalue weighted by Crippen LogP contribution is -2.42. The van der Waals surface area contributed by atoms with E-state index in [4.69, 9.17) is 33.0 Å². The monoisotopic (exact) mass is 695 g/mol. The molecule has 0 unspecified atom stereocenters. The predicted octanol–water partition coefficient (Wildman–Crippen LogP) is 6.10. The average Bonchev–Trinajstić information content (AvgIpc) is 3.65. The van der Waals surface area contributed by atoms with Gasteiger partial charge in [-0.15, -0.1) is 0 Å². The minimum atomic E-state index is -4.13. The van der Waals surface area contributed by atoms with Crippen LogP contribution in [0.3, 0.4) is 0 Å². The fraction of sp³-hybridized carbons (Fsp3) is 0.343. The van der Waals surface area contributed by atoms with Crippen LogP contribution in [-0.2, 0) is 24.3 Å². The molecule has 0 radical (unpaired) electrons. The number of β-amino-alcohol motifs (C(OH)–C–C–N with tert-alkyl or cyclic N) is 1. The first kappa shape index (κ1) is 33.4. The minimum absolute atomic E-state index is 0.0207. The summed E-state index contributed by atoms with van der Waals surface area (Å²) in [5, 5.41) is 17.8. The zero-order chi connectivity index (χ0) is 33.5. The van der Waals surface area contributed by atoms with Crippen LogP contribution in [-0.4, -0.2) is 65.7 Å². The highest BCUT2D eigenvalue weighted by molar-refractivity contribution is 7.89. The predicted molar refractivity (Wildman–Crippen MR) is 180 cm³/mol. The molecule has 4 atom stereocenters. The normalized spacial score (nSPS) is 23.9. The number of aliphatic hydroxyl groups is 1. The highest BCUT2D eigenvalue weighted by Crippen LogP contribution is 2.44. The Morgan fingerprint density at radius 2 is 1.68 bits per heavy atom. The van der Waals surface area contributed by atoms with Crippen LogP contribution in [0.15, 0.2) is 82.3 Å². The van der Waals surface area contributed by atoms with Crippen LogP contribution in [0, 0.1) is 19.8 Å². The Labute approximate surface area is 284 Å². The molecule has 246 valence electrons. The van der Waals surface area contributed by atoms with Crippen molar-refractivity contribution in [2.24, 2.45) is 11.0 Å². The molecule has 47 heavy (non-hydrogen) atoms. The average molecular weight is 697 g/mol. The van der Waals surface area contributed by atoms with Crippen LogP contribution in [0.25, 0.3) is 6.08 Å². The molecule has 6 rings (SSSR count). The van der Waals surface area contributed by atoms with Crippen LogP contribution in [0.2, 0.25) is 10.0 Å². The van der Waals surface area contributed by atoms with Gasteiger partial charge in [-0.1, -0.05) is 53.5 Å². The number of hydrogen-bond donors (Lipinski definition) is 1. The summed E-state index contributed by atoms with van der Waals surface area (Å²) < 4.78 is 33.5. The fourth-order valence-electron chi connectivity index (χ4n) is 6.53. The van der Waals surface area contributed by atoms with Crippen molar-refractivity contribution in [1.29, 1.82) is 0 Å². The number of rotatable bonds is 7. The second-order valence-electron chi connectivity index (χ2n) is 12.3. The van der Waals surface area contributed by atoms with Crippen LogP contribution in [0.4, 0.5) is 0 Å². The first-order valence-corrected chi connectivity index (χ1v) is 17.7. The first-order valence-electron chi connectivity index (χ1n) is 15.5. The third-order valence-corrected chi connectivity index (χ3v) is 11.5. The Morgan fingerprint density at radius 3 is 2.36 bits per heavy atom. The number of aryl methyl sites for hydroxylation is 2. The Hall–Kier alpha value is -3.54. The van der Waals surface area contributed by atoms with Gasteiger partial charge in [0.1, 0.15) is 6.04 Å². The van der Waals surface area contributed by atoms with E-state index in [1.165, 1.54) is 11.1 Å². The number of ether oxygens (including phenoxy) is 1. The van der Waals surface area contributed by atoms with Crippen LogP contribution >= 0.6 is 23.2 Å². The zero-order valence-electron chi connectivity index (χ0n) is 26.0. The van der Waals surface area contributed by atoms with Gasteiger partial charge in [0.05, 0.1) is 22.8 Å². The molecule has 1 N–H and O–H groups in total. The van der Waals surface area contributed by atoms with Gasteiger partial charge in [0.2, 0.25) is 10.0 Å². The summed E-state index contributed by atoms with van der Waals surface area (Å²) in [6.45, 7) is 2.77. The van der Waals surface area contributed by atoms with Gasteiger partial charge in [0, 0.05) is 28.9 Å². The Kier molecular flexibility index (Phi) is 9.60. The molecule has 3 aromatic carbocycles. The number of benzene rings is 3. The molecule has 0 spiro atoms. The lowest BCUT2D eigenvalue weighted by Gasteiger charge is -2.29. The lowest BCUT2D eigenvalue weighted by molar-refractivity contribution is -0.155. The maximum Gasteiger partial charge on any atom is 0.325 e. The van der Waals surface area contributed by atoms with Crippen molar-refractivity contribution in [3.05, 3.63) is 105 Å². The summed E-state index contributed by atoms with van der Waals surface area (Å²) in [5.74, 6) is -1.54. The number of fused-ring (bicyclic) bond motifs is 1. The maximum absolute atomic E-state index is 13.8. The van der Waals surface area contributed by atoms with Gasteiger partial charge < -0.3 is 9.84 Å². The van der Waals surface area contributed by atoms with E-state index < -0.39 is 46.7 Å². The lowest BCUT2D eigenvalue weighted by atomic mass is 9.77. The van der Waals surface area contributed by atoms with Crippen LogP contribution in [0.1, 0.15) is 54.0 Å². The van der Waals surface area contributed by atoms with Crippen molar-refractivity contribution in [3.63, 3.8) is 0 Å². The molecule has 9 nitrogen and oxygen atoms in total. The Balaban J connectivity index is 1.24. The molecule has 2 heterocycles. The maximum atomic E-state index is 13.8. The Morgan fingerprint density at radius 1 is 1.00 bits per heavy atom. The van der Waals surface area contributed by atoms with E-state index in [1.807, 2.05) is 43.3 Å². The molecule has 0 bridgehead atoms. The summed E-state index contributed by atoms with van der Waals surface area (Å²) in [5.41, 5.74) is 5.33. The number of esters is 1. The number of carbonyl (C=O) groups is 2. The van der Waals surface area contributed by atoms with Crippen LogP contribution < -0.4 is 0 Å². The van der Waals surface area contributed by atoms with Gasteiger partial charge in [0.25, 0.3) is 5.91 Å². The number of hydrazone groups is 1. The van der Waals surface area contributed by atoms with Crippen molar-refractivity contribution >= 4 is 56.9 Å². The second kappa shape index (κ2) is 13.5. The zero-order valence-corrected chi connectivity index (χ0v) is 28.3. The number of sulfonamides is 1. The summed E-state index contributed by atoms with van der Waals surface area (Å²) in [6, 6.07) is 17.8. The number of hydrogen-bond acceptors (Lipinski definition) is 7. The molecule has 1 aliphatic carbocycles. The molecule has 1 saturated heterocycles. The molecule has 3 aromatic rings. The number of amides is 1. The van der Waals surface area contributed by atoms with E-state index in [0.717, 1.165) is 57.1 Å². The number of nitrogens with zero attached hydrogens (tertiary/aromatic N) is 3. The van der Waals surface area contributed by atoms with Gasteiger partial charge in [-0.25, -0.2) is 13.4 Å². The topological polar surface area (TPSA) is 117 Å². The largest absolute Gasteiger partial charge is 0.454 e. The molecular formula is C35H35Cl2N3O6S. The highest BCUT2D eigenvalue weighted by Gasteiger charge is 2.46. The number of aliphatic hydroxyl groups excluding tert-OH is 1. The first-order chi connectivity index (χ1) is 22.4. The van der Waals surface area contributed by atoms with Gasteiger partial charge in [0.15, 0.2) is 6.61 Å². The second-order valence-corrected chi connectivity index (χ2v) is 15.0. The summed E-state index contributed by atoms with van der Waals surface area (Å²) >= 11 is 12.3. The van der Waals surface area contributed by atoms with E-state index in [9.17, 15) is 23.1 Å². The third-order valence-electron chi connectivity index (χ3n) is 9.11. The van der Waals surface area contributed by atoms with Crippen LogP contribution in [0.5, 0.6) is 0 Å². The smallest absolute Gasteiger partial charge is 0.325 e. The van der Waals surface area contributed by atoms with E-state index in [0.29, 0.717) is 10.0 Å². The molecule has 12 heteroatoms. The number of carbonyl (C=O) groups excluding carboxylic acids is 2. The Bertz CT molecular complexity index is 1860. The highest BCUT2D eigenvalue weighted by atomic mass is 35.5.